The van der Waals surface area contributed by atoms with Crippen LogP contribution < -0.4 is 0 Å². The molecule has 0 aromatic rings. The molecule has 30 nitrogen and oxygen atoms in total. The van der Waals surface area contributed by atoms with E-state index < -0.39 is 230 Å². The van der Waals surface area contributed by atoms with Crippen molar-refractivity contribution in [1.82, 2.24) is 0 Å². The molecule has 10 rings (SSSR count). The van der Waals surface area contributed by atoms with E-state index in [1.807, 2.05) is 34.6 Å². The molecule has 9 fully saturated rings. The maximum absolute atomic E-state index is 14.8. The van der Waals surface area contributed by atoms with Gasteiger partial charge in [-0.15, -0.1) is 0 Å². The SMILES string of the molecule is COC1C(O)C(CO)OC(OC2C(O)COC(OC3C(C)OC(OC4C(OC5CCC6(C)C7CCC89C(=O)OC(C)(CC(O)CC(C)C)C8C(OC(C)=O)CC9(C)C7=CCC6C5(C)C)OCC(O)C4OS(=O)(=O)O)C(OC4OCC(O)C(O)C4O)C3O)C2O)C1O. The van der Waals surface area contributed by atoms with Gasteiger partial charge in [-0.25, -0.2) is 4.18 Å². The molecule has 6 aliphatic heterocycles. The van der Waals surface area contributed by atoms with Crippen LogP contribution >= 0.6 is 0 Å². The summed E-state index contributed by atoms with van der Waals surface area (Å²) in [6.07, 6.45) is -34.7. The summed E-state index contributed by atoms with van der Waals surface area (Å²) in [5, 5.41) is 122. The molecule has 0 aromatic carbocycles. The molecular formula is C60H96O30S. The first-order valence-corrected chi connectivity index (χ1v) is 33.1. The first kappa shape index (κ1) is 71.4. The van der Waals surface area contributed by atoms with Gasteiger partial charge >= 0.3 is 22.3 Å². The highest BCUT2D eigenvalue weighted by molar-refractivity contribution is 7.80. The van der Waals surface area contributed by atoms with Crippen molar-refractivity contribution in [3.05, 3.63) is 11.6 Å². The Kier molecular flexibility index (Phi) is 21.1. The van der Waals surface area contributed by atoms with Crippen molar-refractivity contribution in [2.24, 2.45) is 45.3 Å². The van der Waals surface area contributed by atoms with E-state index in [1.165, 1.54) is 21.0 Å². The summed E-state index contributed by atoms with van der Waals surface area (Å²) < 4.78 is 119. The number of allylic oxidation sites excluding steroid dienone is 2. The van der Waals surface area contributed by atoms with Gasteiger partial charge in [0.2, 0.25) is 0 Å². The van der Waals surface area contributed by atoms with E-state index in [1.54, 1.807) is 0 Å². The molecule has 3 saturated carbocycles. The number of aliphatic hydroxyl groups is 11. The Bertz CT molecular complexity index is 2710. The quantitative estimate of drug-likeness (QED) is 0.0383. The van der Waals surface area contributed by atoms with Gasteiger partial charge in [0.15, 0.2) is 31.5 Å². The Balaban J connectivity index is 0.912. The summed E-state index contributed by atoms with van der Waals surface area (Å²) >= 11 is 0. The Hall–Kier alpha value is -2.33. The number of hydrogen-bond acceptors (Lipinski definition) is 29. The molecule has 31 heteroatoms. The lowest BCUT2D eigenvalue weighted by atomic mass is 9.41. The third kappa shape index (κ3) is 13.0. The van der Waals surface area contributed by atoms with Gasteiger partial charge in [-0.2, -0.15) is 8.42 Å². The fraction of sp³-hybridized carbons (Fsp3) is 0.933. The lowest BCUT2D eigenvalue weighted by molar-refractivity contribution is -0.398. The molecule has 0 bridgehead atoms. The van der Waals surface area contributed by atoms with Crippen molar-refractivity contribution in [3.8, 4) is 0 Å². The lowest BCUT2D eigenvalue weighted by Crippen LogP contribution is -2.67. The lowest BCUT2D eigenvalue weighted by Gasteiger charge is -2.64. The average molecular weight is 1330 g/mol. The summed E-state index contributed by atoms with van der Waals surface area (Å²) in [6, 6.07) is 0. The number of rotatable bonds is 19. The van der Waals surface area contributed by atoms with Crippen LogP contribution in [0.15, 0.2) is 11.6 Å². The number of methoxy groups -OCH3 is 1. The average Bonchev–Trinajstić information content (AvgIpc) is 1.52. The van der Waals surface area contributed by atoms with E-state index in [4.69, 9.17) is 65.8 Å². The summed E-state index contributed by atoms with van der Waals surface area (Å²) in [6.45, 7) is 14.5. The van der Waals surface area contributed by atoms with Crippen LogP contribution in [0.4, 0.5) is 0 Å². The van der Waals surface area contributed by atoms with Gasteiger partial charge < -0.3 is 118 Å². The minimum atomic E-state index is -5.41. The molecule has 0 radical (unpaired) electrons. The fourth-order valence-corrected chi connectivity index (χ4v) is 18.4. The number of fused-ring (bicyclic) bond motifs is 4. The fourth-order valence-electron chi connectivity index (χ4n) is 17.9. The van der Waals surface area contributed by atoms with Crippen molar-refractivity contribution in [1.29, 1.82) is 0 Å². The molecule has 12 N–H and O–H groups in total. The summed E-state index contributed by atoms with van der Waals surface area (Å²) in [5.74, 6) is -1.38. The van der Waals surface area contributed by atoms with Gasteiger partial charge in [0.25, 0.3) is 0 Å². The second-order valence-electron chi connectivity index (χ2n) is 28.6. The molecule has 32 atom stereocenters. The van der Waals surface area contributed by atoms with E-state index in [-0.39, 0.29) is 30.1 Å². The second-order valence-corrected chi connectivity index (χ2v) is 29.7. The minimum absolute atomic E-state index is 0.0626. The van der Waals surface area contributed by atoms with Crippen molar-refractivity contribution in [2.45, 2.75) is 273 Å². The predicted octanol–water partition coefficient (Wildman–Crippen LogP) is -1.87. The minimum Gasteiger partial charge on any atom is -0.462 e. The number of hydrogen-bond donors (Lipinski definition) is 12. The van der Waals surface area contributed by atoms with Crippen LogP contribution in [0, 0.1) is 45.3 Å². The van der Waals surface area contributed by atoms with Gasteiger partial charge in [0, 0.05) is 25.9 Å². The zero-order valence-electron chi connectivity index (χ0n) is 52.9. The van der Waals surface area contributed by atoms with Crippen LogP contribution in [0.1, 0.15) is 114 Å². The Morgan fingerprint density at radius 2 is 1.31 bits per heavy atom. The highest BCUT2D eigenvalue weighted by atomic mass is 32.3. The number of cyclic esters (lactones) is 1. The zero-order valence-corrected chi connectivity index (χ0v) is 53.7. The normalized spacial score (nSPS) is 50.2. The summed E-state index contributed by atoms with van der Waals surface area (Å²) in [5.41, 5.74) is -3.06. The van der Waals surface area contributed by atoms with E-state index >= 15 is 0 Å². The first-order chi connectivity index (χ1) is 42.5. The van der Waals surface area contributed by atoms with Crippen LogP contribution in [-0.2, 0) is 85.8 Å². The molecule has 32 unspecified atom stereocenters. The van der Waals surface area contributed by atoms with Gasteiger partial charge in [-0.05, 0) is 87.4 Å². The third-order valence-electron chi connectivity index (χ3n) is 22.1. The summed E-state index contributed by atoms with van der Waals surface area (Å²) in [4.78, 5) is 27.7. The number of ether oxygens (including phenoxy) is 13. The molecule has 522 valence electrons. The predicted molar refractivity (Wildman–Crippen MR) is 304 cm³/mol. The van der Waals surface area contributed by atoms with Gasteiger partial charge in [0.05, 0.1) is 56.1 Å². The number of carbonyl (C=O) groups excluding carboxylic acids is 2. The molecule has 91 heavy (non-hydrogen) atoms. The maximum Gasteiger partial charge on any atom is 0.397 e. The van der Waals surface area contributed by atoms with Crippen LogP contribution in [0.2, 0.25) is 0 Å². The van der Waals surface area contributed by atoms with Gasteiger partial charge in [0.1, 0.15) is 109 Å². The molecule has 4 aliphatic carbocycles. The van der Waals surface area contributed by atoms with E-state index in [2.05, 4.69) is 19.9 Å². The van der Waals surface area contributed by atoms with Crippen LogP contribution in [0.3, 0.4) is 0 Å². The second kappa shape index (κ2) is 26.8. The van der Waals surface area contributed by atoms with E-state index in [0.29, 0.717) is 44.9 Å². The topological polar surface area (TPSA) is 440 Å². The third-order valence-corrected chi connectivity index (χ3v) is 22.5. The Morgan fingerprint density at radius 1 is 0.703 bits per heavy atom. The van der Waals surface area contributed by atoms with Gasteiger partial charge in [-0.1, -0.05) is 53.2 Å². The van der Waals surface area contributed by atoms with Crippen molar-refractivity contribution in [2.75, 3.05) is 33.5 Å². The molecule has 0 aromatic heterocycles. The van der Waals surface area contributed by atoms with Crippen LogP contribution in [0.25, 0.3) is 0 Å². The first-order valence-electron chi connectivity index (χ1n) is 31.7. The van der Waals surface area contributed by atoms with Crippen molar-refractivity contribution < 1.29 is 144 Å². The molecule has 0 amide bonds. The highest BCUT2D eigenvalue weighted by Crippen LogP contribution is 2.77. The number of carbonyl (C=O) groups is 2. The largest absolute Gasteiger partial charge is 0.462 e. The maximum atomic E-state index is 14.8. The number of aliphatic hydroxyl groups excluding tert-OH is 11. The van der Waals surface area contributed by atoms with E-state index in [0.717, 1.165) is 5.57 Å². The Labute approximate surface area is 528 Å². The van der Waals surface area contributed by atoms with Crippen molar-refractivity contribution >= 4 is 22.3 Å². The van der Waals surface area contributed by atoms with Crippen molar-refractivity contribution in [3.63, 3.8) is 0 Å². The zero-order chi connectivity index (χ0) is 66.6. The standard InChI is InChI=1S/C60H96O30S/c1-24(2)17-27(63)18-59(9)49-33(82-26(4)62)19-58(8)29-11-12-35-56(5,6)36(14-15-57(35,7)28(29)13-16-60(49,58)55(73)89-59)84-53-48(45(32(66)23-80-53)90-91(74,75)76)88-54-47(87-50-39(69)37(67)30(64)21-78-50)40(70)43(25(3)81-54)85-51-41(71)44(31(65)22-79-51)86-52-42(72)46(77-10)38(68)34(20-61)83-52/h11,24-25,27-28,30-54,61,63-72H,12-23H2,1-10H3,(H,74,75,76). The molecule has 6 saturated heterocycles. The van der Waals surface area contributed by atoms with Gasteiger partial charge in [-0.3, -0.25) is 14.1 Å². The highest BCUT2D eigenvalue weighted by Gasteiger charge is 2.80. The molecule has 10 aliphatic rings. The van der Waals surface area contributed by atoms with E-state index in [9.17, 15) is 78.7 Å². The molecule has 6 heterocycles. The molecule has 1 spiro atoms. The molecular weight excluding hydrogens is 1230 g/mol. The Morgan fingerprint density at radius 3 is 1.95 bits per heavy atom. The smallest absolute Gasteiger partial charge is 0.397 e. The van der Waals surface area contributed by atoms with Crippen LogP contribution in [0.5, 0.6) is 0 Å². The summed E-state index contributed by atoms with van der Waals surface area (Å²) in [7, 11) is -4.23. The number of esters is 2. The monoisotopic (exact) mass is 1330 g/mol. The van der Waals surface area contributed by atoms with Crippen LogP contribution in [-0.4, -0.2) is 274 Å².